The second-order valence-electron chi connectivity index (χ2n) is 8.34. The lowest BCUT2D eigenvalue weighted by atomic mass is 10.0. The summed E-state index contributed by atoms with van der Waals surface area (Å²) < 4.78 is 0. The number of anilines is 1. The molecule has 5 aromatic carbocycles. The summed E-state index contributed by atoms with van der Waals surface area (Å²) in [4.78, 5) is 23.1. The first-order valence-corrected chi connectivity index (χ1v) is 11.5. The molecule has 1 aromatic heterocycles. The van der Waals surface area contributed by atoms with E-state index in [1.54, 1.807) is 6.07 Å². The van der Waals surface area contributed by atoms with E-state index in [1.807, 2.05) is 115 Å². The van der Waals surface area contributed by atoms with Crippen LogP contribution in [0.3, 0.4) is 0 Å². The first-order chi connectivity index (χ1) is 17.3. The van der Waals surface area contributed by atoms with Crippen molar-refractivity contribution in [2.45, 2.75) is 0 Å². The number of hydrogen-bond donors (Lipinski definition) is 1. The summed E-state index contributed by atoms with van der Waals surface area (Å²) in [6.07, 6.45) is 0. The summed E-state index contributed by atoms with van der Waals surface area (Å²) >= 11 is 0. The molecule has 0 saturated heterocycles. The summed E-state index contributed by atoms with van der Waals surface area (Å²) in [6.45, 7) is 0. The maximum Gasteiger partial charge on any atom is 0.255 e. The van der Waals surface area contributed by atoms with Crippen LogP contribution < -0.4 is 5.32 Å². The molecule has 4 heteroatoms. The summed E-state index contributed by atoms with van der Waals surface area (Å²) in [6, 6.07) is 39.4. The summed E-state index contributed by atoms with van der Waals surface area (Å²) in [5.41, 5.74) is 6.31. The molecule has 0 aliphatic carbocycles. The highest BCUT2D eigenvalue weighted by Crippen LogP contribution is 2.31. The van der Waals surface area contributed by atoms with E-state index < -0.39 is 0 Å². The van der Waals surface area contributed by atoms with E-state index in [9.17, 15) is 4.79 Å². The van der Waals surface area contributed by atoms with Gasteiger partial charge in [-0.3, -0.25) is 4.79 Å². The van der Waals surface area contributed by atoms with Crippen molar-refractivity contribution in [1.29, 1.82) is 0 Å². The normalized spacial score (nSPS) is 11.0. The van der Waals surface area contributed by atoms with Gasteiger partial charge in [-0.15, -0.1) is 0 Å². The van der Waals surface area contributed by atoms with E-state index in [0.29, 0.717) is 11.1 Å². The van der Waals surface area contributed by atoms with Gasteiger partial charge in [0.15, 0.2) is 0 Å². The van der Waals surface area contributed by atoms with E-state index in [4.69, 9.17) is 9.97 Å². The van der Waals surface area contributed by atoms with E-state index >= 15 is 0 Å². The molecule has 6 aromatic rings. The fourth-order valence-electron chi connectivity index (χ4n) is 4.32. The van der Waals surface area contributed by atoms with Crippen molar-refractivity contribution in [3.8, 4) is 22.5 Å². The van der Waals surface area contributed by atoms with Crippen LogP contribution in [0.15, 0.2) is 121 Å². The van der Waals surface area contributed by atoms with Gasteiger partial charge in [-0.2, -0.15) is 0 Å². The zero-order valence-corrected chi connectivity index (χ0v) is 18.8. The average molecular weight is 452 g/mol. The maximum absolute atomic E-state index is 13.2. The van der Waals surface area contributed by atoms with Crippen LogP contribution in [-0.2, 0) is 0 Å². The minimum absolute atomic E-state index is 0.182. The van der Waals surface area contributed by atoms with Gasteiger partial charge in [-0.25, -0.2) is 9.97 Å². The molecule has 1 amide bonds. The van der Waals surface area contributed by atoms with Gasteiger partial charge in [0.05, 0.1) is 22.4 Å². The number of nitrogens with zero attached hydrogens (tertiary/aromatic N) is 2. The lowest BCUT2D eigenvalue weighted by Crippen LogP contribution is -2.12. The number of benzene rings is 5. The Labute approximate surface area is 202 Å². The van der Waals surface area contributed by atoms with Crippen LogP contribution in [-0.4, -0.2) is 15.9 Å². The summed E-state index contributed by atoms with van der Waals surface area (Å²) in [7, 11) is 0. The largest absolute Gasteiger partial charge is 0.321 e. The fraction of sp³-hybridized carbons (Fsp3) is 0. The third-order valence-corrected chi connectivity index (χ3v) is 6.06. The highest BCUT2D eigenvalue weighted by Gasteiger charge is 2.15. The van der Waals surface area contributed by atoms with Crippen molar-refractivity contribution in [3.05, 3.63) is 127 Å². The minimum atomic E-state index is -0.182. The molecule has 1 heterocycles. The summed E-state index contributed by atoms with van der Waals surface area (Å²) in [5, 5.41) is 5.14. The van der Waals surface area contributed by atoms with Gasteiger partial charge in [0, 0.05) is 27.8 Å². The first-order valence-electron chi connectivity index (χ1n) is 11.5. The Bertz CT molecular complexity index is 1670. The number of nitrogens with one attached hydrogen (secondary N) is 1. The van der Waals surface area contributed by atoms with Gasteiger partial charge in [0.1, 0.15) is 0 Å². The van der Waals surface area contributed by atoms with Gasteiger partial charge in [0.25, 0.3) is 5.91 Å². The van der Waals surface area contributed by atoms with Crippen molar-refractivity contribution in [3.63, 3.8) is 0 Å². The molecule has 0 aliphatic rings. The maximum atomic E-state index is 13.2. The van der Waals surface area contributed by atoms with Crippen LogP contribution in [0, 0.1) is 0 Å². The fourth-order valence-corrected chi connectivity index (χ4v) is 4.32. The monoisotopic (exact) mass is 451 g/mol. The Kier molecular flexibility index (Phi) is 5.24. The molecule has 0 unspecified atom stereocenters. The molecule has 166 valence electrons. The lowest BCUT2D eigenvalue weighted by molar-refractivity contribution is 0.102. The van der Waals surface area contributed by atoms with Crippen LogP contribution in [0.25, 0.3) is 44.3 Å². The van der Waals surface area contributed by atoms with Crippen molar-refractivity contribution >= 4 is 33.4 Å². The van der Waals surface area contributed by atoms with Crippen molar-refractivity contribution < 1.29 is 4.79 Å². The van der Waals surface area contributed by atoms with Gasteiger partial charge in [-0.05, 0) is 29.7 Å². The Morgan fingerprint density at radius 1 is 0.571 bits per heavy atom. The molecule has 4 nitrogen and oxygen atoms in total. The standard InChI is InChI=1S/C31H21N3O/c35-31(34-26-17-9-15-21-10-7-8-16-25(21)26)24-18-19-27-28(20-24)33-30(23-13-5-2-6-14-23)29(32-27)22-11-3-1-4-12-22/h1-20H,(H,34,35). The number of rotatable bonds is 4. The van der Waals surface area contributed by atoms with Crippen molar-refractivity contribution in [1.82, 2.24) is 9.97 Å². The SMILES string of the molecule is O=C(Nc1cccc2ccccc12)c1ccc2nc(-c3ccccc3)c(-c3ccccc3)nc2c1. The van der Waals surface area contributed by atoms with Crippen LogP contribution in [0.5, 0.6) is 0 Å². The molecule has 0 spiro atoms. The Hall–Kier alpha value is -4.83. The first kappa shape index (κ1) is 20.8. The third kappa shape index (κ3) is 4.02. The molecular weight excluding hydrogens is 430 g/mol. The highest BCUT2D eigenvalue weighted by atomic mass is 16.1. The lowest BCUT2D eigenvalue weighted by Gasteiger charge is -2.12. The molecule has 0 fully saturated rings. The zero-order chi connectivity index (χ0) is 23.6. The van der Waals surface area contributed by atoms with Gasteiger partial charge in [-0.1, -0.05) is 97.1 Å². The zero-order valence-electron chi connectivity index (χ0n) is 18.8. The highest BCUT2D eigenvalue weighted by molar-refractivity contribution is 6.10. The van der Waals surface area contributed by atoms with Crippen LogP contribution in [0.2, 0.25) is 0 Å². The predicted octanol–water partition coefficient (Wildman–Crippen LogP) is 7.37. The van der Waals surface area contributed by atoms with Gasteiger partial charge in [0.2, 0.25) is 0 Å². The summed E-state index contributed by atoms with van der Waals surface area (Å²) in [5.74, 6) is -0.182. The van der Waals surface area contributed by atoms with Gasteiger partial charge >= 0.3 is 0 Å². The number of fused-ring (bicyclic) bond motifs is 2. The average Bonchev–Trinajstić information content (AvgIpc) is 2.93. The quantitative estimate of drug-likeness (QED) is 0.304. The van der Waals surface area contributed by atoms with Crippen LogP contribution >= 0.6 is 0 Å². The Balaban J connectivity index is 1.43. The van der Waals surface area contributed by atoms with Gasteiger partial charge < -0.3 is 5.32 Å². The van der Waals surface area contributed by atoms with E-state index in [-0.39, 0.29) is 5.91 Å². The molecule has 35 heavy (non-hydrogen) atoms. The van der Waals surface area contributed by atoms with Crippen LogP contribution in [0.4, 0.5) is 5.69 Å². The molecular formula is C31H21N3O. The predicted molar refractivity (Wildman–Crippen MR) is 142 cm³/mol. The van der Waals surface area contributed by atoms with E-state index in [1.165, 1.54) is 0 Å². The van der Waals surface area contributed by atoms with Crippen molar-refractivity contribution in [2.24, 2.45) is 0 Å². The Morgan fingerprint density at radius 3 is 1.89 bits per heavy atom. The number of carbonyl (C=O) groups is 1. The molecule has 0 bridgehead atoms. The van der Waals surface area contributed by atoms with E-state index in [0.717, 1.165) is 44.5 Å². The topological polar surface area (TPSA) is 54.9 Å². The number of amides is 1. The minimum Gasteiger partial charge on any atom is -0.321 e. The molecule has 0 radical (unpaired) electrons. The second kappa shape index (κ2) is 8.84. The molecule has 0 aliphatic heterocycles. The smallest absolute Gasteiger partial charge is 0.255 e. The molecule has 6 rings (SSSR count). The van der Waals surface area contributed by atoms with Crippen molar-refractivity contribution in [2.75, 3.05) is 5.32 Å². The number of carbonyl (C=O) groups excluding carboxylic acids is 1. The Morgan fingerprint density at radius 2 is 1.17 bits per heavy atom. The molecule has 1 N–H and O–H groups in total. The van der Waals surface area contributed by atoms with E-state index in [2.05, 4.69) is 5.32 Å². The third-order valence-electron chi connectivity index (χ3n) is 6.06. The second-order valence-corrected chi connectivity index (χ2v) is 8.34. The number of aromatic nitrogens is 2. The van der Waals surface area contributed by atoms with Crippen LogP contribution in [0.1, 0.15) is 10.4 Å². The molecule has 0 atom stereocenters. The molecule has 0 saturated carbocycles. The number of hydrogen-bond acceptors (Lipinski definition) is 3.